The Bertz CT molecular complexity index is 1190. The molecule has 1 amide bonds. The SMILES string of the molecule is O=C(NCc1nc2ccccc2n1CCOc1ccccc1Cl)c1cccc(Cl)c1. The summed E-state index contributed by atoms with van der Waals surface area (Å²) in [4.78, 5) is 17.2. The first kappa shape index (κ1) is 20.3. The number of aromatic nitrogens is 2. The van der Waals surface area contributed by atoms with Crippen LogP contribution in [0.3, 0.4) is 0 Å². The number of halogens is 2. The number of nitrogens with zero attached hydrogens (tertiary/aromatic N) is 2. The minimum Gasteiger partial charge on any atom is -0.490 e. The molecule has 0 saturated heterocycles. The van der Waals surface area contributed by atoms with E-state index in [1.807, 2.05) is 47.0 Å². The van der Waals surface area contributed by atoms with Gasteiger partial charge >= 0.3 is 0 Å². The van der Waals surface area contributed by atoms with Crippen LogP contribution in [0.5, 0.6) is 5.75 Å². The Kier molecular flexibility index (Phi) is 6.21. The molecule has 0 atom stereocenters. The minimum absolute atomic E-state index is 0.205. The molecular formula is C23H19Cl2N3O2. The van der Waals surface area contributed by atoms with E-state index in [4.69, 9.17) is 27.9 Å². The molecule has 152 valence electrons. The van der Waals surface area contributed by atoms with E-state index in [2.05, 4.69) is 10.3 Å². The van der Waals surface area contributed by atoms with Gasteiger partial charge in [0.05, 0.1) is 29.1 Å². The van der Waals surface area contributed by atoms with E-state index in [0.29, 0.717) is 34.5 Å². The van der Waals surface area contributed by atoms with Crippen molar-refractivity contribution in [2.24, 2.45) is 0 Å². The molecule has 7 heteroatoms. The van der Waals surface area contributed by atoms with Crippen LogP contribution in [-0.4, -0.2) is 22.1 Å². The molecule has 30 heavy (non-hydrogen) atoms. The fourth-order valence-corrected chi connectivity index (χ4v) is 3.59. The van der Waals surface area contributed by atoms with Gasteiger partial charge in [-0.15, -0.1) is 0 Å². The Labute approximate surface area is 184 Å². The predicted octanol–water partition coefficient (Wildman–Crippen LogP) is 5.35. The first-order valence-corrected chi connectivity index (χ1v) is 10.2. The maximum atomic E-state index is 12.5. The smallest absolute Gasteiger partial charge is 0.251 e. The van der Waals surface area contributed by atoms with Crippen LogP contribution in [0.25, 0.3) is 11.0 Å². The Balaban J connectivity index is 1.50. The molecule has 4 rings (SSSR count). The van der Waals surface area contributed by atoms with Crippen LogP contribution < -0.4 is 10.1 Å². The normalized spacial score (nSPS) is 10.9. The van der Waals surface area contributed by atoms with Crippen LogP contribution >= 0.6 is 23.2 Å². The minimum atomic E-state index is -0.205. The molecule has 0 radical (unpaired) electrons. The molecule has 1 N–H and O–H groups in total. The van der Waals surface area contributed by atoms with Crippen molar-refractivity contribution in [2.45, 2.75) is 13.1 Å². The molecular weight excluding hydrogens is 421 g/mol. The number of ether oxygens (including phenoxy) is 1. The van der Waals surface area contributed by atoms with Gasteiger partial charge in [-0.2, -0.15) is 0 Å². The summed E-state index contributed by atoms with van der Waals surface area (Å²) in [5.41, 5.74) is 2.35. The maximum Gasteiger partial charge on any atom is 0.251 e. The Morgan fingerprint density at radius 2 is 1.80 bits per heavy atom. The second-order valence-electron chi connectivity index (χ2n) is 6.64. The molecule has 3 aromatic carbocycles. The summed E-state index contributed by atoms with van der Waals surface area (Å²) in [6, 6.07) is 22.1. The highest BCUT2D eigenvalue weighted by Crippen LogP contribution is 2.23. The van der Waals surface area contributed by atoms with Crippen LogP contribution in [-0.2, 0) is 13.1 Å². The van der Waals surface area contributed by atoms with E-state index in [1.165, 1.54) is 0 Å². The van der Waals surface area contributed by atoms with Gasteiger partial charge in [-0.25, -0.2) is 4.98 Å². The van der Waals surface area contributed by atoms with E-state index in [9.17, 15) is 4.79 Å². The predicted molar refractivity (Wildman–Crippen MR) is 119 cm³/mol. The van der Waals surface area contributed by atoms with Crippen molar-refractivity contribution in [3.63, 3.8) is 0 Å². The van der Waals surface area contributed by atoms with Crippen molar-refractivity contribution in [3.05, 3.63) is 94.2 Å². The monoisotopic (exact) mass is 439 g/mol. The van der Waals surface area contributed by atoms with E-state index in [1.54, 1.807) is 30.3 Å². The lowest BCUT2D eigenvalue weighted by Crippen LogP contribution is -2.25. The number of rotatable bonds is 7. The van der Waals surface area contributed by atoms with Gasteiger partial charge in [0, 0.05) is 10.6 Å². The van der Waals surface area contributed by atoms with Crippen molar-refractivity contribution >= 4 is 40.1 Å². The molecule has 0 saturated carbocycles. The number of carbonyl (C=O) groups excluding carboxylic acids is 1. The van der Waals surface area contributed by atoms with E-state index >= 15 is 0 Å². The van der Waals surface area contributed by atoms with E-state index in [0.717, 1.165) is 16.9 Å². The van der Waals surface area contributed by atoms with Gasteiger partial charge < -0.3 is 14.6 Å². The summed E-state index contributed by atoms with van der Waals surface area (Å²) < 4.78 is 7.89. The largest absolute Gasteiger partial charge is 0.490 e. The molecule has 0 spiro atoms. The third kappa shape index (κ3) is 4.58. The van der Waals surface area contributed by atoms with Crippen LogP contribution in [0.2, 0.25) is 10.0 Å². The van der Waals surface area contributed by atoms with Crippen molar-refractivity contribution in [2.75, 3.05) is 6.61 Å². The third-order valence-electron chi connectivity index (χ3n) is 4.64. The molecule has 1 aromatic heterocycles. The number of benzene rings is 3. The first-order valence-electron chi connectivity index (χ1n) is 9.47. The van der Waals surface area contributed by atoms with E-state index < -0.39 is 0 Å². The first-order chi connectivity index (χ1) is 14.6. The fourth-order valence-electron chi connectivity index (χ4n) is 3.21. The average Bonchev–Trinajstić information content (AvgIpc) is 3.11. The van der Waals surface area contributed by atoms with Gasteiger partial charge in [0.1, 0.15) is 18.2 Å². The molecule has 5 nitrogen and oxygen atoms in total. The zero-order valence-corrected chi connectivity index (χ0v) is 17.5. The topological polar surface area (TPSA) is 56.2 Å². The van der Waals surface area contributed by atoms with E-state index in [-0.39, 0.29) is 12.5 Å². The summed E-state index contributed by atoms with van der Waals surface area (Å²) in [6.07, 6.45) is 0. The van der Waals surface area contributed by atoms with Crippen LogP contribution in [0.4, 0.5) is 0 Å². The van der Waals surface area contributed by atoms with Crippen molar-refractivity contribution < 1.29 is 9.53 Å². The number of hydrogen-bond acceptors (Lipinski definition) is 3. The lowest BCUT2D eigenvalue weighted by atomic mass is 10.2. The second-order valence-corrected chi connectivity index (χ2v) is 7.48. The van der Waals surface area contributed by atoms with Crippen LogP contribution in [0.15, 0.2) is 72.8 Å². The number of amides is 1. The van der Waals surface area contributed by atoms with Gasteiger partial charge in [0.25, 0.3) is 5.91 Å². The highest BCUT2D eigenvalue weighted by Gasteiger charge is 2.13. The van der Waals surface area contributed by atoms with Crippen LogP contribution in [0, 0.1) is 0 Å². The Morgan fingerprint density at radius 1 is 1.00 bits per heavy atom. The van der Waals surface area contributed by atoms with Gasteiger partial charge in [-0.1, -0.05) is 53.5 Å². The second kappa shape index (κ2) is 9.20. The fraction of sp³-hybridized carbons (Fsp3) is 0.130. The summed E-state index contributed by atoms with van der Waals surface area (Å²) in [5.74, 6) is 1.18. The number of hydrogen-bond donors (Lipinski definition) is 1. The third-order valence-corrected chi connectivity index (χ3v) is 5.18. The summed E-state index contributed by atoms with van der Waals surface area (Å²) >= 11 is 12.1. The number of imidazole rings is 1. The van der Waals surface area contributed by atoms with Gasteiger partial charge in [0.15, 0.2) is 0 Å². The van der Waals surface area contributed by atoms with Gasteiger partial charge in [-0.05, 0) is 42.5 Å². The van der Waals surface area contributed by atoms with Crippen LogP contribution in [0.1, 0.15) is 16.2 Å². The molecule has 0 unspecified atom stereocenters. The molecule has 0 aliphatic heterocycles. The number of fused-ring (bicyclic) bond motifs is 1. The molecule has 0 bridgehead atoms. The standard InChI is InChI=1S/C23H19Cl2N3O2/c24-17-7-5-6-16(14-17)23(29)26-15-22-27-19-9-2-3-10-20(19)28(22)12-13-30-21-11-4-1-8-18(21)25/h1-11,14H,12-13,15H2,(H,26,29). The van der Waals surface area contributed by atoms with Crippen molar-refractivity contribution in [3.8, 4) is 5.75 Å². The Hall–Kier alpha value is -3.02. The van der Waals surface area contributed by atoms with Gasteiger partial charge in [-0.3, -0.25) is 4.79 Å². The number of carbonyl (C=O) groups is 1. The molecule has 0 aliphatic carbocycles. The van der Waals surface area contributed by atoms with Crippen molar-refractivity contribution in [1.82, 2.24) is 14.9 Å². The molecule has 0 fully saturated rings. The lowest BCUT2D eigenvalue weighted by molar-refractivity contribution is 0.0949. The molecule has 0 aliphatic rings. The van der Waals surface area contributed by atoms with Crippen molar-refractivity contribution in [1.29, 1.82) is 0 Å². The number of nitrogens with one attached hydrogen (secondary N) is 1. The Morgan fingerprint density at radius 3 is 2.63 bits per heavy atom. The zero-order chi connectivity index (χ0) is 20.9. The zero-order valence-electron chi connectivity index (χ0n) is 16.0. The lowest BCUT2D eigenvalue weighted by Gasteiger charge is -2.12. The highest BCUT2D eigenvalue weighted by molar-refractivity contribution is 6.32. The molecule has 4 aromatic rings. The maximum absolute atomic E-state index is 12.5. The number of para-hydroxylation sites is 3. The summed E-state index contributed by atoms with van der Waals surface area (Å²) in [7, 11) is 0. The summed E-state index contributed by atoms with van der Waals surface area (Å²) in [6.45, 7) is 1.26. The average molecular weight is 440 g/mol. The van der Waals surface area contributed by atoms with Gasteiger partial charge in [0.2, 0.25) is 0 Å². The summed E-state index contributed by atoms with van der Waals surface area (Å²) in [5, 5.41) is 4.01. The molecule has 1 heterocycles. The quantitative estimate of drug-likeness (QED) is 0.422. The highest BCUT2D eigenvalue weighted by atomic mass is 35.5.